The van der Waals surface area contributed by atoms with Gasteiger partial charge in [-0.1, -0.05) is 0 Å². The summed E-state index contributed by atoms with van der Waals surface area (Å²) in [6.45, 7) is 5.74. The van der Waals surface area contributed by atoms with Crippen LogP contribution in [0.15, 0.2) is 34.7 Å². The third-order valence-corrected chi connectivity index (χ3v) is 3.51. The molecule has 0 spiro atoms. The van der Waals surface area contributed by atoms with E-state index in [1.165, 1.54) is 0 Å². The molecular formula is C17H23N3O2. The van der Waals surface area contributed by atoms with Crippen LogP contribution in [0, 0.1) is 13.8 Å². The average Bonchev–Trinajstić information content (AvgIpc) is 2.87. The monoisotopic (exact) mass is 301 g/mol. The van der Waals surface area contributed by atoms with Crippen molar-refractivity contribution in [3.8, 4) is 0 Å². The van der Waals surface area contributed by atoms with Crippen molar-refractivity contribution in [1.82, 2.24) is 5.32 Å². The Labute approximate surface area is 131 Å². The number of amides is 2. The zero-order valence-corrected chi connectivity index (χ0v) is 13.7. The minimum absolute atomic E-state index is 0.185. The molecule has 5 nitrogen and oxygen atoms in total. The molecule has 1 heterocycles. The molecule has 1 aromatic heterocycles. The van der Waals surface area contributed by atoms with Gasteiger partial charge in [0.1, 0.15) is 11.5 Å². The molecule has 0 bridgehead atoms. The second kappa shape index (κ2) is 6.56. The molecule has 0 saturated heterocycles. The summed E-state index contributed by atoms with van der Waals surface area (Å²) in [5.41, 5.74) is 2.91. The molecule has 1 atom stereocenters. The lowest BCUT2D eigenvalue weighted by Gasteiger charge is -2.17. The van der Waals surface area contributed by atoms with Crippen LogP contribution in [-0.2, 0) is 0 Å². The maximum absolute atomic E-state index is 12.1. The molecule has 0 saturated carbocycles. The number of aryl methyl sites for hydroxylation is 2. The van der Waals surface area contributed by atoms with E-state index in [4.69, 9.17) is 4.42 Å². The maximum Gasteiger partial charge on any atom is 0.319 e. The first-order valence-electron chi connectivity index (χ1n) is 7.28. The standard InChI is InChI=1S/C17H23N3O2/c1-11-10-14(20(4)5)7-8-15(11)19-17(21)18-13(3)16-9-6-12(2)22-16/h6-10,13H,1-5H3,(H2,18,19,21)/t13-/m1/s1. The highest BCUT2D eigenvalue weighted by Crippen LogP contribution is 2.21. The number of hydrogen-bond donors (Lipinski definition) is 2. The van der Waals surface area contributed by atoms with Crippen LogP contribution in [0.3, 0.4) is 0 Å². The molecule has 2 aromatic rings. The topological polar surface area (TPSA) is 57.5 Å². The van der Waals surface area contributed by atoms with E-state index in [0.717, 1.165) is 28.5 Å². The Kier molecular flexibility index (Phi) is 4.75. The number of benzene rings is 1. The van der Waals surface area contributed by atoms with Crippen molar-refractivity contribution in [3.63, 3.8) is 0 Å². The Bertz CT molecular complexity index is 662. The number of rotatable bonds is 4. The lowest BCUT2D eigenvalue weighted by Crippen LogP contribution is -2.31. The van der Waals surface area contributed by atoms with Crippen LogP contribution in [0.25, 0.3) is 0 Å². The lowest BCUT2D eigenvalue weighted by molar-refractivity contribution is 0.247. The molecular weight excluding hydrogens is 278 g/mol. The lowest BCUT2D eigenvalue weighted by atomic mass is 10.1. The number of hydrogen-bond acceptors (Lipinski definition) is 3. The van der Waals surface area contributed by atoms with E-state index >= 15 is 0 Å². The van der Waals surface area contributed by atoms with Gasteiger partial charge in [-0.3, -0.25) is 0 Å². The van der Waals surface area contributed by atoms with E-state index in [9.17, 15) is 4.79 Å². The van der Waals surface area contributed by atoms with Crippen LogP contribution in [0.1, 0.15) is 30.0 Å². The Morgan fingerprint density at radius 1 is 1.18 bits per heavy atom. The van der Waals surface area contributed by atoms with Gasteiger partial charge in [0.2, 0.25) is 0 Å². The van der Waals surface area contributed by atoms with Gasteiger partial charge in [-0.05, 0) is 56.7 Å². The van der Waals surface area contributed by atoms with Gasteiger partial charge in [0.25, 0.3) is 0 Å². The fraction of sp³-hybridized carbons (Fsp3) is 0.353. The van der Waals surface area contributed by atoms with Crippen LogP contribution in [0.4, 0.5) is 16.2 Å². The molecule has 2 rings (SSSR count). The fourth-order valence-electron chi connectivity index (χ4n) is 2.18. The summed E-state index contributed by atoms with van der Waals surface area (Å²) in [5.74, 6) is 1.58. The Balaban J connectivity index is 2.00. The van der Waals surface area contributed by atoms with Gasteiger partial charge in [0, 0.05) is 25.5 Å². The molecule has 118 valence electrons. The molecule has 0 aliphatic heterocycles. The Morgan fingerprint density at radius 2 is 1.91 bits per heavy atom. The van der Waals surface area contributed by atoms with Gasteiger partial charge in [0.15, 0.2) is 0 Å². The number of anilines is 2. The van der Waals surface area contributed by atoms with Gasteiger partial charge >= 0.3 is 6.03 Å². The van der Waals surface area contributed by atoms with Crippen LogP contribution in [0.5, 0.6) is 0 Å². The van der Waals surface area contributed by atoms with Crippen molar-refractivity contribution in [1.29, 1.82) is 0 Å². The van der Waals surface area contributed by atoms with Gasteiger partial charge < -0.3 is 20.0 Å². The zero-order chi connectivity index (χ0) is 16.3. The number of carbonyl (C=O) groups excluding carboxylic acids is 1. The highest BCUT2D eigenvalue weighted by Gasteiger charge is 2.13. The van der Waals surface area contributed by atoms with E-state index in [2.05, 4.69) is 10.6 Å². The van der Waals surface area contributed by atoms with Crippen LogP contribution >= 0.6 is 0 Å². The number of furan rings is 1. The van der Waals surface area contributed by atoms with Crippen molar-refractivity contribution in [2.75, 3.05) is 24.3 Å². The van der Waals surface area contributed by atoms with E-state index in [-0.39, 0.29) is 12.1 Å². The molecule has 2 amide bonds. The van der Waals surface area contributed by atoms with Gasteiger partial charge in [-0.25, -0.2) is 4.79 Å². The summed E-state index contributed by atoms with van der Waals surface area (Å²) in [6, 6.07) is 9.24. The molecule has 0 unspecified atom stereocenters. The van der Waals surface area contributed by atoms with Crippen molar-refractivity contribution < 1.29 is 9.21 Å². The Morgan fingerprint density at radius 3 is 2.45 bits per heavy atom. The van der Waals surface area contributed by atoms with E-state index in [0.29, 0.717) is 0 Å². The first-order valence-corrected chi connectivity index (χ1v) is 7.28. The van der Waals surface area contributed by atoms with Crippen LogP contribution < -0.4 is 15.5 Å². The predicted octanol–water partition coefficient (Wildman–Crippen LogP) is 3.85. The number of urea groups is 1. The maximum atomic E-state index is 12.1. The second-order valence-electron chi connectivity index (χ2n) is 5.66. The SMILES string of the molecule is Cc1ccc([C@@H](C)NC(=O)Nc2ccc(N(C)C)cc2C)o1. The molecule has 0 radical (unpaired) electrons. The molecule has 1 aromatic carbocycles. The van der Waals surface area contributed by atoms with Gasteiger partial charge in [-0.2, -0.15) is 0 Å². The molecule has 2 N–H and O–H groups in total. The summed E-state index contributed by atoms with van der Waals surface area (Å²) in [5, 5.41) is 5.74. The molecule has 5 heteroatoms. The van der Waals surface area contributed by atoms with Crippen LogP contribution in [-0.4, -0.2) is 20.1 Å². The predicted molar refractivity (Wildman–Crippen MR) is 89.5 cm³/mol. The zero-order valence-electron chi connectivity index (χ0n) is 13.7. The number of nitrogens with zero attached hydrogens (tertiary/aromatic N) is 1. The molecule has 0 aliphatic rings. The summed E-state index contributed by atoms with van der Waals surface area (Å²) < 4.78 is 5.51. The summed E-state index contributed by atoms with van der Waals surface area (Å²) in [6.07, 6.45) is 0. The minimum atomic E-state index is -0.248. The van der Waals surface area contributed by atoms with E-state index < -0.39 is 0 Å². The normalized spacial score (nSPS) is 11.9. The third kappa shape index (κ3) is 3.81. The van der Waals surface area contributed by atoms with E-state index in [1.54, 1.807) is 0 Å². The average molecular weight is 301 g/mol. The van der Waals surface area contributed by atoms with Gasteiger partial charge in [-0.15, -0.1) is 0 Å². The number of carbonyl (C=O) groups is 1. The number of nitrogens with one attached hydrogen (secondary N) is 2. The summed E-state index contributed by atoms with van der Waals surface area (Å²) >= 11 is 0. The van der Waals surface area contributed by atoms with Crippen molar-refractivity contribution in [2.24, 2.45) is 0 Å². The van der Waals surface area contributed by atoms with Crippen molar-refractivity contribution in [2.45, 2.75) is 26.8 Å². The first kappa shape index (κ1) is 15.9. The third-order valence-electron chi connectivity index (χ3n) is 3.51. The fourth-order valence-corrected chi connectivity index (χ4v) is 2.18. The second-order valence-corrected chi connectivity index (χ2v) is 5.66. The highest BCUT2D eigenvalue weighted by atomic mass is 16.3. The quantitative estimate of drug-likeness (QED) is 0.902. The van der Waals surface area contributed by atoms with Crippen LogP contribution in [0.2, 0.25) is 0 Å². The van der Waals surface area contributed by atoms with Crippen molar-refractivity contribution >= 4 is 17.4 Å². The summed E-state index contributed by atoms with van der Waals surface area (Å²) in [7, 11) is 3.98. The first-order chi connectivity index (χ1) is 10.4. The molecule has 0 aliphatic carbocycles. The van der Waals surface area contributed by atoms with Crippen molar-refractivity contribution in [3.05, 3.63) is 47.4 Å². The van der Waals surface area contributed by atoms with E-state index in [1.807, 2.05) is 70.1 Å². The largest absolute Gasteiger partial charge is 0.464 e. The molecule has 22 heavy (non-hydrogen) atoms. The van der Waals surface area contributed by atoms with Gasteiger partial charge in [0.05, 0.1) is 6.04 Å². The highest BCUT2D eigenvalue weighted by molar-refractivity contribution is 5.90. The molecule has 0 fully saturated rings. The minimum Gasteiger partial charge on any atom is -0.464 e. The Hall–Kier alpha value is -2.43. The smallest absolute Gasteiger partial charge is 0.319 e. The summed E-state index contributed by atoms with van der Waals surface area (Å²) in [4.78, 5) is 14.1.